The monoisotopic (exact) mass is 252 g/mol. The van der Waals surface area contributed by atoms with Crippen molar-refractivity contribution in [2.45, 2.75) is 45.1 Å². The first-order valence-electron chi connectivity index (χ1n) is 6.20. The van der Waals surface area contributed by atoms with Gasteiger partial charge in [-0.05, 0) is 27.2 Å². The van der Waals surface area contributed by atoms with Crippen LogP contribution in [0.3, 0.4) is 0 Å². The van der Waals surface area contributed by atoms with Crippen molar-refractivity contribution in [3.63, 3.8) is 0 Å². The van der Waals surface area contributed by atoms with Gasteiger partial charge >= 0.3 is 0 Å². The third-order valence-electron chi connectivity index (χ3n) is 2.94. The van der Waals surface area contributed by atoms with Crippen LogP contribution in [0, 0.1) is 0 Å². The molecule has 2 heterocycles. The van der Waals surface area contributed by atoms with E-state index in [9.17, 15) is 4.79 Å². The summed E-state index contributed by atoms with van der Waals surface area (Å²) in [4.78, 5) is 15.4. The number of hydrogen-bond donors (Lipinski definition) is 1. The van der Waals surface area contributed by atoms with E-state index in [1.807, 2.05) is 4.68 Å². The Bertz CT molecular complexity index is 441. The highest BCUT2D eigenvalue weighted by Gasteiger charge is 2.29. The molecule has 0 radical (unpaired) electrons. The number of carbonyl (C=O) groups is 1. The predicted octanol–water partition coefficient (Wildman–Crippen LogP) is 0.565. The lowest BCUT2D eigenvalue weighted by Crippen LogP contribution is -2.27. The summed E-state index contributed by atoms with van der Waals surface area (Å²) >= 11 is 0. The molecule has 18 heavy (non-hydrogen) atoms. The molecule has 1 amide bonds. The standard InChI is InChI=1S/C12H20N4O2/c1-12(2,3)16-11(8-4-5-18-7-8)14-10(15-16)6-9(13)17/h8H,4-7H2,1-3H3,(H2,13,17). The number of rotatable bonds is 3. The molecule has 0 spiro atoms. The van der Waals surface area contributed by atoms with Crippen LogP contribution in [0.1, 0.15) is 44.8 Å². The van der Waals surface area contributed by atoms with Gasteiger partial charge < -0.3 is 10.5 Å². The zero-order valence-corrected chi connectivity index (χ0v) is 11.1. The summed E-state index contributed by atoms with van der Waals surface area (Å²) in [6.07, 6.45) is 1.04. The van der Waals surface area contributed by atoms with Crippen LogP contribution < -0.4 is 5.73 Å². The Hall–Kier alpha value is -1.43. The van der Waals surface area contributed by atoms with Crippen molar-refractivity contribution < 1.29 is 9.53 Å². The second-order valence-corrected chi connectivity index (χ2v) is 5.67. The molecule has 1 saturated heterocycles. The van der Waals surface area contributed by atoms with Crippen molar-refractivity contribution in [3.8, 4) is 0 Å². The van der Waals surface area contributed by atoms with Gasteiger partial charge in [0.25, 0.3) is 0 Å². The van der Waals surface area contributed by atoms with Gasteiger partial charge in [-0.15, -0.1) is 0 Å². The number of hydrogen-bond acceptors (Lipinski definition) is 4. The van der Waals surface area contributed by atoms with Crippen LogP contribution in [-0.4, -0.2) is 33.9 Å². The van der Waals surface area contributed by atoms with Crippen LogP contribution in [0.25, 0.3) is 0 Å². The maximum Gasteiger partial charge on any atom is 0.225 e. The van der Waals surface area contributed by atoms with Gasteiger partial charge in [0.1, 0.15) is 5.82 Å². The largest absolute Gasteiger partial charge is 0.381 e. The predicted molar refractivity (Wildman–Crippen MR) is 66.1 cm³/mol. The van der Waals surface area contributed by atoms with Gasteiger partial charge in [-0.25, -0.2) is 9.67 Å². The van der Waals surface area contributed by atoms with Gasteiger partial charge in [-0.2, -0.15) is 5.10 Å². The van der Waals surface area contributed by atoms with Gasteiger partial charge in [-0.1, -0.05) is 0 Å². The lowest BCUT2D eigenvalue weighted by atomic mass is 10.1. The maximum atomic E-state index is 11.0. The molecule has 0 saturated carbocycles. The van der Waals surface area contributed by atoms with Crippen LogP contribution in [0.5, 0.6) is 0 Å². The van der Waals surface area contributed by atoms with E-state index >= 15 is 0 Å². The third kappa shape index (κ3) is 2.69. The fourth-order valence-corrected chi connectivity index (χ4v) is 2.10. The number of amides is 1. The molecular weight excluding hydrogens is 232 g/mol. The SMILES string of the molecule is CC(C)(C)n1nc(CC(N)=O)nc1C1CCOC1. The van der Waals surface area contributed by atoms with Gasteiger partial charge in [0, 0.05) is 12.5 Å². The molecule has 6 heteroatoms. The summed E-state index contributed by atoms with van der Waals surface area (Å²) in [6, 6.07) is 0. The summed E-state index contributed by atoms with van der Waals surface area (Å²) in [5.41, 5.74) is 5.03. The second-order valence-electron chi connectivity index (χ2n) is 5.67. The normalized spacial score (nSPS) is 20.3. The molecule has 100 valence electrons. The molecule has 1 aliphatic heterocycles. The number of nitrogens with two attached hydrogens (primary N) is 1. The Kier molecular flexibility index (Phi) is 3.38. The fraction of sp³-hybridized carbons (Fsp3) is 0.750. The first-order valence-corrected chi connectivity index (χ1v) is 6.20. The molecule has 2 rings (SSSR count). The fourth-order valence-electron chi connectivity index (χ4n) is 2.10. The van der Waals surface area contributed by atoms with E-state index in [2.05, 4.69) is 30.9 Å². The first-order chi connectivity index (χ1) is 8.38. The van der Waals surface area contributed by atoms with Crippen LogP contribution in [0.15, 0.2) is 0 Å². The molecule has 0 aromatic carbocycles. The van der Waals surface area contributed by atoms with E-state index in [1.54, 1.807) is 0 Å². The Morgan fingerprint density at radius 2 is 2.28 bits per heavy atom. The number of nitrogens with zero attached hydrogens (tertiary/aromatic N) is 3. The van der Waals surface area contributed by atoms with E-state index in [0.29, 0.717) is 12.4 Å². The summed E-state index contributed by atoms with van der Waals surface area (Å²) in [5, 5.41) is 4.42. The molecule has 1 aliphatic rings. The van der Waals surface area contributed by atoms with Gasteiger partial charge in [0.05, 0.1) is 18.6 Å². The molecule has 0 aliphatic carbocycles. The van der Waals surface area contributed by atoms with E-state index in [1.165, 1.54) is 0 Å². The third-order valence-corrected chi connectivity index (χ3v) is 2.94. The lowest BCUT2D eigenvalue weighted by Gasteiger charge is -2.22. The van der Waals surface area contributed by atoms with Crippen LogP contribution >= 0.6 is 0 Å². The molecule has 1 aromatic heterocycles. The first kappa shape index (κ1) is 13.0. The Morgan fingerprint density at radius 3 is 2.78 bits per heavy atom. The molecule has 1 fully saturated rings. The van der Waals surface area contributed by atoms with Crippen molar-refractivity contribution in [3.05, 3.63) is 11.6 Å². The molecule has 1 aromatic rings. The minimum Gasteiger partial charge on any atom is -0.381 e. The average molecular weight is 252 g/mol. The van der Waals surface area contributed by atoms with Crippen LogP contribution in [0.2, 0.25) is 0 Å². The quantitative estimate of drug-likeness (QED) is 0.852. The number of primary amides is 1. The second kappa shape index (κ2) is 4.68. The van der Waals surface area contributed by atoms with E-state index < -0.39 is 5.91 Å². The molecular formula is C12H20N4O2. The Morgan fingerprint density at radius 1 is 1.56 bits per heavy atom. The highest BCUT2D eigenvalue weighted by molar-refractivity contribution is 5.75. The topological polar surface area (TPSA) is 83.0 Å². The van der Waals surface area contributed by atoms with Crippen molar-refractivity contribution in [2.75, 3.05) is 13.2 Å². The minimum absolute atomic E-state index is 0.0870. The number of aromatic nitrogens is 3. The van der Waals surface area contributed by atoms with E-state index in [-0.39, 0.29) is 17.9 Å². The summed E-state index contributed by atoms with van der Waals surface area (Å²) in [6.45, 7) is 7.62. The number of carbonyl (C=O) groups excluding carboxylic acids is 1. The minimum atomic E-state index is -0.407. The van der Waals surface area contributed by atoms with Gasteiger partial charge in [0.2, 0.25) is 5.91 Å². The van der Waals surface area contributed by atoms with Crippen LogP contribution in [-0.2, 0) is 21.5 Å². The van der Waals surface area contributed by atoms with Crippen LogP contribution in [0.4, 0.5) is 0 Å². The van der Waals surface area contributed by atoms with Crippen molar-refractivity contribution in [1.82, 2.24) is 14.8 Å². The Balaban J connectivity index is 2.35. The van der Waals surface area contributed by atoms with E-state index in [4.69, 9.17) is 10.5 Å². The zero-order chi connectivity index (χ0) is 13.3. The highest BCUT2D eigenvalue weighted by Crippen LogP contribution is 2.27. The molecule has 6 nitrogen and oxygen atoms in total. The highest BCUT2D eigenvalue weighted by atomic mass is 16.5. The maximum absolute atomic E-state index is 11.0. The summed E-state index contributed by atoms with van der Waals surface area (Å²) in [7, 11) is 0. The van der Waals surface area contributed by atoms with Crippen molar-refractivity contribution >= 4 is 5.91 Å². The molecule has 1 atom stereocenters. The number of ether oxygens (including phenoxy) is 1. The summed E-state index contributed by atoms with van der Waals surface area (Å²) in [5.74, 6) is 1.25. The molecule has 1 unspecified atom stereocenters. The van der Waals surface area contributed by atoms with Crippen molar-refractivity contribution in [1.29, 1.82) is 0 Å². The van der Waals surface area contributed by atoms with Crippen molar-refractivity contribution in [2.24, 2.45) is 5.73 Å². The van der Waals surface area contributed by atoms with Gasteiger partial charge in [0.15, 0.2) is 5.82 Å². The Labute approximate surface area is 107 Å². The molecule has 2 N–H and O–H groups in total. The molecule has 0 bridgehead atoms. The smallest absolute Gasteiger partial charge is 0.225 e. The average Bonchev–Trinajstić information content (AvgIpc) is 2.81. The van der Waals surface area contributed by atoms with E-state index in [0.717, 1.165) is 18.9 Å². The van der Waals surface area contributed by atoms with Gasteiger partial charge in [-0.3, -0.25) is 4.79 Å². The summed E-state index contributed by atoms with van der Waals surface area (Å²) < 4.78 is 7.29. The lowest BCUT2D eigenvalue weighted by molar-refractivity contribution is -0.117. The zero-order valence-electron chi connectivity index (χ0n) is 11.1.